The molecule has 0 radical (unpaired) electrons. The predicted molar refractivity (Wildman–Crippen MR) is 71.8 cm³/mol. The minimum Gasteiger partial charge on any atom is -0.366 e. The number of aromatic nitrogens is 2. The number of likely N-dealkylation sites (tertiary alicyclic amines) is 1. The molecule has 0 bridgehead atoms. The van der Waals surface area contributed by atoms with Crippen molar-refractivity contribution in [2.45, 2.75) is 37.8 Å². The Hall–Kier alpha value is -1.69. The molecule has 0 aromatic carbocycles. The third kappa shape index (κ3) is 3.01. The maximum absolute atomic E-state index is 11.1. The third-order valence-corrected chi connectivity index (χ3v) is 3.83. The molecule has 1 aromatic rings. The Morgan fingerprint density at radius 3 is 2.63 bits per heavy atom. The van der Waals surface area contributed by atoms with Gasteiger partial charge in [0.05, 0.1) is 12.4 Å². The van der Waals surface area contributed by atoms with Crippen LogP contribution in [0.4, 0.5) is 5.82 Å². The summed E-state index contributed by atoms with van der Waals surface area (Å²) >= 11 is 0. The normalized spacial score (nSPS) is 21.3. The Morgan fingerprint density at radius 2 is 2.00 bits per heavy atom. The second kappa shape index (κ2) is 5.13. The zero-order valence-corrected chi connectivity index (χ0v) is 10.9. The summed E-state index contributed by atoms with van der Waals surface area (Å²) in [7, 11) is 0. The van der Waals surface area contributed by atoms with Gasteiger partial charge in [-0.05, 0) is 25.7 Å². The number of hydrogen-bond donors (Lipinski definition) is 2. The molecular formula is C13H19N5O. The lowest BCUT2D eigenvalue weighted by Crippen LogP contribution is -2.40. The van der Waals surface area contributed by atoms with Gasteiger partial charge in [-0.2, -0.15) is 0 Å². The van der Waals surface area contributed by atoms with Gasteiger partial charge in [0.1, 0.15) is 11.5 Å². The fourth-order valence-corrected chi connectivity index (χ4v) is 2.61. The lowest BCUT2D eigenvalue weighted by Gasteiger charge is -2.32. The fraction of sp³-hybridized carbons (Fsp3) is 0.615. The number of carbonyl (C=O) groups is 1. The van der Waals surface area contributed by atoms with E-state index in [0.29, 0.717) is 11.9 Å². The van der Waals surface area contributed by atoms with Crippen LogP contribution in [0.25, 0.3) is 0 Å². The van der Waals surface area contributed by atoms with E-state index in [2.05, 4.69) is 20.2 Å². The van der Waals surface area contributed by atoms with E-state index in [9.17, 15) is 4.79 Å². The van der Waals surface area contributed by atoms with Crippen LogP contribution in [0.3, 0.4) is 0 Å². The topological polar surface area (TPSA) is 84.1 Å². The molecule has 1 amide bonds. The Labute approximate surface area is 112 Å². The zero-order valence-electron chi connectivity index (χ0n) is 10.9. The van der Waals surface area contributed by atoms with Gasteiger partial charge in [-0.3, -0.25) is 9.78 Å². The molecule has 1 aromatic heterocycles. The van der Waals surface area contributed by atoms with Crippen LogP contribution in [0, 0.1) is 0 Å². The van der Waals surface area contributed by atoms with Crippen LogP contribution in [0.2, 0.25) is 0 Å². The highest BCUT2D eigenvalue weighted by atomic mass is 16.1. The van der Waals surface area contributed by atoms with E-state index in [1.165, 1.54) is 19.0 Å². The molecule has 19 heavy (non-hydrogen) atoms. The summed E-state index contributed by atoms with van der Waals surface area (Å²) in [5.74, 6) is 0.0980. The van der Waals surface area contributed by atoms with Crippen LogP contribution in [-0.4, -0.2) is 45.9 Å². The zero-order chi connectivity index (χ0) is 13.2. The molecule has 3 rings (SSSR count). The molecule has 0 unspecified atom stereocenters. The van der Waals surface area contributed by atoms with Crippen LogP contribution in [0.5, 0.6) is 0 Å². The minimum atomic E-state index is -0.542. The Balaban J connectivity index is 1.56. The number of hydrogen-bond acceptors (Lipinski definition) is 5. The summed E-state index contributed by atoms with van der Waals surface area (Å²) in [5.41, 5.74) is 5.41. The van der Waals surface area contributed by atoms with Crippen LogP contribution < -0.4 is 11.1 Å². The average Bonchev–Trinajstić information content (AvgIpc) is 3.24. The number of primary amides is 1. The largest absolute Gasteiger partial charge is 0.366 e. The van der Waals surface area contributed by atoms with Crippen molar-refractivity contribution >= 4 is 11.7 Å². The molecule has 102 valence electrons. The molecule has 2 fully saturated rings. The quantitative estimate of drug-likeness (QED) is 0.829. The van der Waals surface area contributed by atoms with Gasteiger partial charge in [-0.15, -0.1) is 0 Å². The van der Waals surface area contributed by atoms with Crippen molar-refractivity contribution in [3.63, 3.8) is 0 Å². The van der Waals surface area contributed by atoms with Crippen LogP contribution in [-0.2, 0) is 0 Å². The Morgan fingerprint density at radius 1 is 1.26 bits per heavy atom. The summed E-state index contributed by atoms with van der Waals surface area (Å²) in [4.78, 5) is 21.8. The maximum Gasteiger partial charge on any atom is 0.268 e. The average molecular weight is 261 g/mol. The molecule has 1 aliphatic carbocycles. The number of piperidine rings is 1. The molecule has 2 heterocycles. The number of anilines is 1. The number of nitrogens with zero attached hydrogens (tertiary/aromatic N) is 3. The molecule has 3 N–H and O–H groups in total. The van der Waals surface area contributed by atoms with Crippen molar-refractivity contribution in [3.8, 4) is 0 Å². The van der Waals surface area contributed by atoms with E-state index < -0.39 is 5.91 Å². The van der Waals surface area contributed by atoms with Gasteiger partial charge in [-0.1, -0.05) is 0 Å². The molecule has 1 aliphatic heterocycles. The molecule has 2 aliphatic rings. The van der Waals surface area contributed by atoms with Gasteiger partial charge < -0.3 is 16.0 Å². The number of amides is 1. The predicted octanol–water partition coefficient (Wildman–Crippen LogP) is 0.614. The summed E-state index contributed by atoms with van der Waals surface area (Å²) in [5, 5.41) is 3.35. The second-order valence-electron chi connectivity index (χ2n) is 5.34. The molecule has 1 saturated heterocycles. The van der Waals surface area contributed by atoms with Gasteiger partial charge in [0.15, 0.2) is 0 Å². The van der Waals surface area contributed by atoms with Gasteiger partial charge in [-0.25, -0.2) is 4.98 Å². The first-order valence-electron chi connectivity index (χ1n) is 6.85. The van der Waals surface area contributed by atoms with Crippen molar-refractivity contribution in [2.24, 2.45) is 5.73 Å². The maximum atomic E-state index is 11.1. The first-order chi connectivity index (χ1) is 9.22. The number of rotatable bonds is 4. The molecular weight excluding hydrogens is 242 g/mol. The highest BCUT2D eigenvalue weighted by molar-refractivity contribution is 5.90. The van der Waals surface area contributed by atoms with E-state index in [4.69, 9.17) is 5.73 Å². The number of nitrogens with one attached hydrogen (secondary N) is 1. The van der Waals surface area contributed by atoms with Crippen molar-refractivity contribution in [1.29, 1.82) is 0 Å². The van der Waals surface area contributed by atoms with Crippen LogP contribution in [0.1, 0.15) is 36.2 Å². The molecule has 0 atom stereocenters. The highest BCUT2D eigenvalue weighted by Gasteiger charge is 2.31. The van der Waals surface area contributed by atoms with E-state index in [-0.39, 0.29) is 5.69 Å². The van der Waals surface area contributed by atoms with E-state index >= 15 is 0 Å². The Bertz CT molecular complexity index is 466. The van der Waals surface area contributed by atoms with Gasteiger partial charge in [0.25, 0.3) is 5.91 Å². The van der Waals surface area contributed by atoms with Crippen molar-refractivity contribution in [1.82, 2.24) is 14.9 Å². The summed E-state index contributed by atoms with van der Waals surface area (Å²) in [6.45, 7) is 2.29. The van der Waals surface area contributed by atoms with Crippen LogP contribution in [0.15, 0.2) is 12.4 Å². The van der Waals surface area contributed by atoms with E-state index in [1.807, 2.05) is 0 Å². The molecule has 6 heteroatoms. The molecule has 1 saturated carbocycles. The molecule has 0 spiro atoms. The molecule has 6 nitrogen and oxygen atoms in total. The van der Waals surface area contributed by atoms with Gasteiger partial charge in [0.2, 0.25) is 0 Å². The number of nitrogens with two attached hydrogens (primary N) is 1. The van der Waals surface area contributed by atoms with Gasteiger partial charge >= 0.3 is 0 Å². The monoisotopic (exact) mass is 261 g/mol. The van der Waals surface area contributed by atoms with Crippen molar-refractivity contribution in [3.05, 3.63) is 18.1 Å². The smallest absolute Gasteiger partial charge is 0.268 e. The van der Waals surface area contributed by atoms with E-state index in [1.54, 1.807) is 6.20 Å². The van der Waals surface area contributed by atoms with E-state index in [0.717, 1.165) is 32.0 Å². The first kappa shape index (κ1) is 12.3. The van der Waals surface area contributed by atoms with Crippen molar-refractivity contribution < 1.29 is 4.79 Å². The second-order valence-corrected chi connectivity index (χ2v) is 5.34. The summed E-state index contributed by atoms with van der Waals surface area (Å²) < 4.78 is 0. The lowest BCUT2D eigenvalue weighted by atomic mass is 10.1. The summed E-state index contributed by atoms with van der Waals surface area (Å²) in [6, 6.07) is 1.26. The minimum absolute atomic E-state index is 0.209. The van der Waals surface area contributed by atoms with Gasteiger partial charge in [0, 0.05) is 25.2 Å². The summed E-state index contributed by atoms with van der Waals surface area (Å²) in [6.07, 6.45) is 7.98. The Kier molecular flexibility index (Phi) is 3.33. The highest BCUT2D eigenvalue weighted by Crippen LogP contribution is 2.29. The van der Waals surface area contributed by atoms with Crippen LogP contribution >= 0.6 is 0 Å². The number of carbonyl (C=O) groups excluding carboxylic acids is 1. The first-order valence-corrected chi connectivity index (χ1v) is 6.85. The lowest BCUT2D eigenvalue weighted by molar-refractivity contribution is 0.0995. The third-order valence-electron chi connectivity index (χ3n) is 3.83. The van der Waals surface area contributed by atoms with Crippen molar-refractivity contribution in [2.75, 3.05) is 18.4 Å². The fourth-order valence-electron chi connectivity index (χ4n) is 2.61. The standard InChI is InChI=1S/C13H19N5O/c14-13(19)11-7-15-8-12(17-11)16-9-3-5-18(6-4-9)10-1-2-10/h7-10H,1-6H2,(H2,14,19)(H,16,17). The SMILES string of the molecule is NC(=O)c1cncc(NC2CCN(C3CC3)CC2)n1.